The Morgan fingerprint density at radius 1 is 1.19 bits per heavy atom. The molecule has 1 amide bonds. The number of hydrogen-bond acceptors (Lipinski definition) is 3. The second kappa shape index (κ2) is 7.15. The molecule has 1 aromatic carbocycles. The van der Waals surface area contributed by atoms with Gasteiger partial charge in [-0.05, 0) is 37.3 Å². The molecule has 1 saturated carbocycles. The number of aromatic nitrogens is 2. The average Bonchev–Trinajstić information content (AvgIpc) is 3.45. The van der Waals surface area contributed by atoms with E-state index in [2.05, 4.69) is 5.32 Å². The summed E-state index contributed by atoms with van der Waals surface area (Å²) in [7, 11) is 2.99. The van der Waals surface area contributed by atoms with E-state index in [1.54, 1.807) is 7.05 Å². The van der Waals surface area contributed by atoms with E-state index >= 15 is 0 Å². The molecule has 0 aliphatic heterocycles. The molecule has 6 nitrogen and oxygen atoms in total. The molecule has 0 radical (unpaired) electrons. The smallest absolute Gasteiger partial charge is 0.330 e. The highest BCUT2D eigenvalue weighted by Gasteiger charge is 2.33. The topological polar surface area (TPSA) is 73.1 Å². The normalized spacial score (nSPS) is 15.2. The van der Waals surface area contributed by atoms with Crippen LogP contribution in [0.3, 0.4) is 0 Å². The number of aryl methyl sites for hydroxylation is 2. The van der Waals surface area contributed by atoms with Crippen LogP contribution in [0.4, 0.5) is 0 Å². The zero-order chi connectivity index (χ0) is 18.8. The maximum atomic E-state index is 12.4. The summed E-state index contributed by atoms with van der Waals surface area (Å²) in [4.78, 5) is 36.2. The minimum atomic E-state index is -0.422. The van der Waals surface area contributed by atoms with Crippen LogP contribution < -0.4 is 16.6 Å². The predicted octanol–water partition coefficient (Wildman–Crippen LogP) is 1.67. The Bertz CT molecular complexity index is 963. The summed E-state index contributed by atoms with van der Waals surface area (Å²) in [6.45, 7) is 2.03. The van der Waals surface area contributed by atoms with E-state index in [1.807, 2.05) is 31.2 Å². The first-order valence-corrected chi connectivity index (χ1v) is 8.68. The Hall–Kier alpha value is -2.89. The first kappa shape index (κ1) is 17.9. The van der Waals surface area contributed by atoms with Crippen LogP contribution in [0.5, 0.6) is 0 Å². The van der Waals surface area contributed by atoms with Crippen molar-refractivity contribution in [3.8, 4) is 0 Å². The summed E-state index contributed by atoms with van der Waals surface area (Å²) in [6, 6.07) is 8.16. The average molecular weight is 353 g/mol. The van der Waals surface area contributed by atoms with Gasteiger partial charge in [-0.3, -0.25) is 14.2 Å². The van der Waals surface area contributed by atoms with Crippen molar-refractivity contribution in [3.63, 3.8) is 0 Å². The quantitative estimate of drug-likeness (QED) is 0.831. The van der Waals surface area contributed by atoms with Crippen molar-refractivity contribution in [3.05, 3.63) is 74.1 Å². The van der Waals surface area contributed by atoms with Crippen molar-refractivity contribution in [1.29, 1.82) is 0 Å². The molecular formula is C20H23N3O3. The molecule has 1 fully saturated rings. The van der Waals surface area contributed by atoms with E-state index in [-0.39, 0.29) is 11.9 Å². The van der Waals surface area contributed by atoms with Crippen LogP contribution in [0.15, 0.2) is 46.1 Å². The molecule has 1 atom stereocenters. The van der Waals surface area contributed by atoms with Gasteiger partial charge in [0.2, 0.25) is 5.91 Å². The fourth-order valence-corrected chi connectivity index (χ4v) is 2.99. The summed E-state index contributed by atoms with van der Waals surface area (Å²) >= 11 is 0. The molecule has 3 rings (SSSR count). The number of nitrogens with one attached hydrogen (secondary N) is 1. The fraction of sp³-hybridized carbons (Fsp3) is 0.350. The van der Waals surface area contributed by atoms with Crippen molar-refractivity contribution in [2.45, 2.75) is 25.8 Å². The van der Waals surface area contributed by atoms with Crippen LogP contribution in [0.1, 0.15) is 35.6 Å². The first-order chi connectivity index (χ1) is 12.4. The molecule has 136 valence electrons. The van der Waals surface area contributed by atoms with E-state index in [1.165, 1.54) is 35.5 Å². The van der Waals surface area contributed by atoms with E-state index in [4.69, 9.17) is 0 Å². The van der Waals surface area contributed by atoms with Gasteiger partial charge in [0.1, 0.15) is 0 Å². The second-order valence-corrected chi connectivity index (χ2v) is 6.91. The number of hydrogen-bond donors (Lipinski definition) is 1. The number of nitrogens with zero attached hydrogens (tertiary/aromatic N) is 2. The van der Waals surface area contributed by atoms with Crippen molar-refractivity contribution in [1.82, 2.24) is 14.5 Å². The van der Waals surface area contributed by atoms with Crippen molar-refractivity contribution in [2.75, 3.05) is 0 Å². The van der Waals surface area contributed by atoms with E-state index in [9.17, 15) is 14.4 Å². The minimum Gasteiger partial charge on any atom is -0.345 e. The van der Waals surface area contributed by atoms with E-state index in [0.29, 0.717) is 11.5 Å². The molecule has 0 bridgehead atoms. The summed E-state index contributed by atoms with van der Waals surface area (Å²) in [5.41, 5.74) is 1.75. The summed E-state index contributed by atoms with van der Waals surface area (Å²) in [5, 5.41) is 3.04. The van der Waals surface area contributed by atoms with Crippen LogP contribution >= 0.6 is 0 Å². The molecular weight excluding hydrogens is 330 g/mol. The Balaban J connectivity index is 1.77. The van der Waals surface area contributed by atoms with Gasteiger partial charge in [-0.25, -0.2) is 4.79 Å². The van der Waals surface area contributed by atoms with Gasteiger partial charge >= 0.3 is 5.69 Å². The minimum absolute atomic E-state index is 0.0179. The molecule has 0 unspecified atom stereocenters. The number of carbonyl (C=O) groups is 1. The van der Waals surface area contributed by atoms with Gasteiger partial charge < -0.3 is 9.88 Å². The largest absolute Gasteiger partial charge is 0.345 e. The van der Waals surface area contributed by atoms with Crippen LogP contribution in [0.2, 0.25) is 0 Å². The second-order valence-electron chi connectivity index (χ2n) is 6.91. The molecule has 1 N–H and O–H groups in total. The van der Waals surface area contributed by atoms with Crippen LogP contribution in [-0.2, 0) is 18.9 Å². The summed E-state index contributed by atoms with van der Waals surface area (Å²) < 4.78 is 2.34. The standard InChI is InChI=1S/C20H23N3O3/c1-13-4-6-14(7-5-13)18(15-8-9-15)21-17(24)11-10-16-12-22(2)20(26)23(3)19(16)25/h4-7,10-12,15,18H,8-9H2,1-3H3,(H,21,24)/b11-10+/t18-/m1/s1. The van der Waals surface area contributed by atoms with Crippen molar-refractivity contribution in [2.24, 2.45) is 20.0 Å². The van der Waals surface area contributed by atoms with Crippen LogP contribution in [0, 0.1) is 12.8 Å². The maximum absolute atomic E-state index is 12.4. The molecule has 1 aliphatic carbocycles. The lowest BCUT2D eigenvalue weighted by Crippen LogP contribution is -2.37. The van der Waals surface area contributed by atoms with Gasteiger partial charge in [-0.15, -0.1) is 0 Å². The molecule has 1 heterocycles. The lowest BCUT2D eigenvalue weighted by atomic mass is 10.0. The Kier molecular flexibility index (Phi) is 4.93. The number of rotatable bonds is 5. The zero-order valence-electron chi connectivity index (χ0n) is 15.2. The third kappa shape index (κ3) is 3.85. The highest BCUT2D eigenvalue weighted by molar-refractivity contribution is 5.91. The molecule has 2 aromatic rings. The third-order valence-electron chi connectivity index (χ3n) is 4.71. The lowest BCUT2D eigenvalue weighted by Gasteiger charge is -2.18. The molecule has 0 saturated heterocycles. The molecule has 1 aliphatic rings. The molecule has 0 spiro atoms. The van der Waals surface area contributed by atoms with Gasteiger partial charge in [-0.2, -0.15) is 0 Å². The van der Waals surface area contributed by atoms with E-state index < -0.39 is 11.2 Å². The predicted molar refractivity (Wildman–Crippen MR) is 101 cm³/mol. The summed E-state index contributed by atoms with van der Waals surface area (Å²) in [5.74, 6) is 0.207. The SMILES string of the molecule is Cc1ccc([C@@H](NC(=O)/C=C/c2cn(C)c(=O)n(C)c2=O)C2CC2)cc1. The number of carbonyl (C=O) groups excluding carboxylic acids is 1. The number of amides is 1. The Morgan fingerprint density at radius 2 is 1.85 bits per heavy atom. The van der Waals surface area contributed by atoms with Crippen LogP contribution in [-0.4, -0.2) is 15.0 Å². The summed E-state index contributed by atoms with van der Waals surface area (Å²) in [6.07, 6.45) is 6.45. The van der Waals surface area contributed by atoms with Crippen molar-refractivity contribution >= 4 is 12.0 Å². The maximum Gasteiger partial charge on any atom is 0.330 e. The Morgan fingerprint density at radius 3 is 2.46 bits per heavy atom. The van der Waals surface area contributed by atoms with Crippen LogP contribution in [0.25, 0.3) is 6.08 Å². The molecule has 6 heteroatoms. The highest BCUT2D eigenvalue weighted by Crippen LogP contribution is 2.41. The third-order valence-corrected chi connectivity index (χ3v) is 4.71. The van der Waals surface area contributed by atoms with Gasteiger partial charge in [0.15, 0.2) is 0 Å². The Labute approximate surface area is 151 Å². The monoisotopic (exact) mass is 353 g/mol. The fourth-order valence-electron chi connectivity index (χ4n) is 2.99. The molecule has 1 aromatic heterocycles. The number of benzene rings is 1. The lowest BCUT2D eigenvalue weighted by molar-refractivity contribution is -0.117. The van der Waals surface area contributed by atoms with Gasteiger partial charge in [0.25, 0.3) is 5.56 Å². The highest BCUT2D eigenvalue weighted by atomic mass is 16.2. The zero-order valence-corrected chi connectivity index (χ0v) is 15.2. The first-order valence-electron chi connectivity index (χ1n) is 8.68. The van der Waals surface area contributed by atoms with Gasteiger partial charge in [0, 0.05) is 26.4 Å². The van der Waals surface area contributed by atoms with Gasteiger partial charge in [-0.1, -0.05) is 29.8 Å². The molecule has 26 heavy (non-hydrogen) atoms. The van der Waals surface area contributed by atoms with E-state index in [0.717, 1.165) is 23.0 Å². The van der Waals surface area contributed by atoms with Crippen molar-refractivity contribution < 1.29 is 4.79 Å². The van der Waals surface area contributed by atoms with Gasteiger partial charge in [0.05, 0.1) is 11.6 Å².